The fraction of sp³-hybridized carbons (Fsp3) is 0.409. The van der Waals surface area contributed by atoms with Gasteiger partial charge in [-0.15, -0.1) is 11.3 Å². The Hall–Kier alpha value is -2.25. The second-order valence-electron chi connectivity index (χ2n) is 7.76. The van der Waals surface area contributed by atoms with Crippen LogP contribution in [-0.4, -0.2) is 23.9 Å². The lowest BCUT2D eigenvalue weighted by Crippen LogP contribution is -2.37. The Morgan fingerprint density at radius 1 is 1.30 bits per heavy atom. The molecule has 30 heavy (non-hydrogen) atoms. The number of amidine groups is 1. The highest BCUT2D eigenvalue weighted by Crippen LogP contribution is 2.42. The molecule has 1 aromatic carbocycles. The fourth-order valence-corrected chi connectivity index (χ4v) is 4.99. The van der Waals surface area contributed by atoms with Crippen molar-refractivity contribution in [3.05, 3.63) is 62.5 Å². The molecule has 1 saturated carbocycles. The smallest absolute Gasteiger partial charge is 0.338 e. The zero-order valence-corrected chi connectivity index (χ0v) is 18.4. The molecule has 0 amide bonds. The highest BCUT2D eigenvalue weighted by molar-refractivity contribution is 7.11. The van der Waals surface area contributed by atoms with Gasteiger partial charge in [-0.3, -0.25) is 4.99 Å². The number of allylic oxidation sites excluding steroid dienone is 1. The van der Waals surface area contributed by atoms with Gasteiger partial charge in [0.2, 0.25) is 0 Å². The number of methoxy groups -OCH3 is 1. The van der Waals surface area contributed by atoms with Crippen LogP contribution in [0.3, 0.4) is 0 Å². The molecular weight excluding hydrogens is 425 g/mol. The number of nitrogens with zero attached hydrogens (tertiary/aromatic N) is 2. The standard InChI is InChI=1S/C22H23ClFN3O2S/c1-12-6-8-13(9-7-12)18-16(22(28)29-2)19(14-4-3-5-15(24)17(14)23)27-20(26-18)21-25-10-11-30-21/h3-5,10-13,19H,6-9H2,1-2H3,(H,26,27)/t12-,13-,19?. The first-order valence-corrected chi connectivity index (χ1v) is 11.3. The summed E-state index contributed by atoms with van der Waals surface area (Å²) in [6.45, 7) is 2.25. The number of carbonyl (C=O) groups excluding carboxylic acids is 1. The average Bonchev–Trinajstić information content (AvgIpc) is 3.30. The number of thiazole rings is 1. The number of nitrogens with one attached hydrogen (secondary N) is 1. The SMILES string of the molecule is COC(=O)C1=C([C@H]2CC[C@H](C)CC2)NC(c2nccs2)=NC1c1cccc(F)c1Cl. The first-order valence-electron chi connectivity index (χ1n) is 10.0. The van der Waals surface area contributed by atoms with Crippen molar-refractivity contribution in [2.75, 3.05) is 7.11 Å². The highest BCUT2D eigenvalue weighted by Gasteiger charge is 2.37. The van der Waals surface area contributed by atoms with Crippen molar-refractivity contribution in [1.82, 2.24) is 10.3 Å². The van der Waals surface area contributed by atoms with Gasteiger partial charge in [-0.1, -0.05) is 43.5 Å². The molecule has 0 spiro atoms. The van der Waals surface area contributed by atoms with Crippen molar-refractivity contribution in [2.24, 2.45) is 16.8 Å². The predicted molar refractivity (Wildman–Crippen MR) is 116 cm³/mol. The highest BCUT2D eigenvalue weighted by atomic mass is 35.5. The number of hydrogen-bond donors (Lipinski definition) is 1. The summed E-state index contributed by atoms with van der Waals surface area (Å²) in [6.07, 6.45) is 5.78. The van der Waals surface area contributed by atoms with E-state index in [0.29, 0.717) is 27.9 Å². The largest absolute Gasteiger partial charge is 0.466 e. The van der Waals surface area contributed by atoms with Crippen LogP contribution in [0.4, 0.5) is 4.39 Å². The van der Waals surface area contributed by atoms with Gasteiger partial charge in [0.05, 0.1) is 17.7 Å². The molecule has 0 saturated heterocycles. The van der Waals surface area contributed by atoms with Crippen molar-refractivity contribution in [3.63, 3.8) is 0 Å². The summed E-state index contributed by atoms with van der Waals surface area (Å²) in [7, 11) is 1.35. The van der Waals surface area contributed by atoms with Crippen molar-refractivity contribution in [3.8, 4) is 0 Å². The van der Waals surface area contributed by atoms with Crippen molar-refractivity contribution in [2.45, 2.75) is 38.6 Å². The van der Waals surface area contributed by atoms with E-state index in [2.05, 4.69) is 17.2 Å². The van der Waals surface area contributed by atoms with Gasteiger partial charge in [0, 0.05) is 22.8 Å². The Kier molecular flexibility index (Phi) is 6.20. The summed E-state index contributed by atoms with van der Waals surface area (Å²) in [6, 6.07) is 3.81. The maximum atomic E-state index is 14.3. The van der Waals surface area contributed by atoms with E-state index in [9.17, 15) is 9.18 Å². The molecule has 8 heteroatoms. The van der Waals surface area contributed by atoms with E-state index in [0.717, 1.165) is 31.4 Å². The fourth-order valence-electron chi connectivity index (χ4n) is 4.18. The summed E-state index contributed by atoms with van der Waals surface area (Å²) in [5.74, 6) is 0.360. The second-order valence-corrected chi connectivity index (χ2v) is 9.03. The number of carbonyl (C=O) groups is 1. The van der Waals surface area contributed by atoms with E-state index in [1.54, 1.807) is 18.3 Å². The molecular formula is C22H23ClFN3O2S. The normalized spacial score (nSPS) is 24.3. The molecule has 1 fully saturated rings. The lowest BCUT2D eigenvalue weighted by molar-refractivity contribution is -0.136. The molecule has 5 nitrogen and oxygen atoms in total. The van der Waals surface area contributed by atoms with Crippen LogP contribution in [0.1, 0.15) is 49.2 Å². The summed E-state index contributed by atoms with van der Waals surface area (Å²) in [5, 5.41) is 5.91. The Bertz CT molecular complexity index is 998. The first kappa shape index (κ1) is 21.0. The quantitative estimate of drug-likeness (QED) is 0.647. The molecule has 1 atom stereocenters. The third-order valence-electron chi connectivity index (χ3n) is 5.82. The number of esters is 1. The number of benzene rings is 1. The van der Waals surface area contributed by atoms with Crippen LogP contribution in [0.5, 0.6) is 0 Å². The zero-order chi connectivity index (χ0) is 21.3. The van der Waals surface area contributed by atoms with Crippen LogP contribution < -0.4 is 5.32 Å². The van der Waals surface area contributed by atoms with Crippen molar-refractivity contribution in [1.29, 1.82) is 0 Å². The number of rotatable bonds is 4. The Morgan fingerprint density at radius 3 is 2.73 bits per heavy atom. The van der Waals surface area contributed by atoms with E-state index in [4.69, 9.17) is 21.3 Å². The summed E-state index contributed by atoms with van der Waals surface area (Å²) in [4.78, 5) is 22.0. The van der Waals surface area contributed by atoms with Gasteiger partial charge in [-0.25, -0.2) is 14.2 Å². The van der Waals surface area contributed by atoms with Crippen LogP contribution in [0.2, 0.25) is 5.02 Å². The lowest BCUT2D eigenvalue weighted by atomic mass is 9.78. The summed E-state index contributed by atoms with van der Waals surface area (Å²) < 4.78 is 19.4. The van der Waals surface area contributed by atoms with Crippen LogP contribution in [0.25, 0.3) is 0 Å². The molecule has 158 valence electrons. The third kappa shape index (κ3) is 4.01. The zero-order valence-electron chi connectivity index (χ0n) is 16.8. The molecule has 2 heterocycles. The molecule has 0 radical (unpaired) electrons. The number of aromatic nitrogens is 1. The van der Waals surface area contributed by atoms with Gasteiger partial charge in [-0.05, 0) is 30.7 Å². The predicted octanol–water partition coefficient (Wildman–Crippen LogP) is 5.28. The Labute approximate surface area is 184 Å². The minimum atomic E-state index is -0.768. The molecule has 4 rings (SSSR count). The molecule has 2 aliphatic rings. The molecule has 0 bridgehead atoms. The number of halogens is 2. The molecule has 1 unspecified atom stereocenters. The van der Waals surface area contributed by atoms with Crippen LogP contribution in [0.15, 0.2) is 46.0 Å². The van der Waals surface area contributed by atoms with E-state index >= 15 is 0 Å². The first-order chi connectivity index (χ1) is 14.5. The van der Waals surface area contributed by atoms with E-state index in [1.165, 1.54) is 24.5 Å². The van der Waals surface area contributed by atoms with Gasteiger partial charge in [-0.2, -0.15) is 0 Å². The average molecular weight is 448 g/mol. The second kappa shape index (κ2) is 8.86. The maximum absolute atomic E-state index is 14.3. The summed E-state index contributed by atoms with van der Waals surface area (Å²) in [5.41, 5.74) is 1.62. The van der Waals surface area contributed by atoms with Gasteiger partial charge in [0.1, 0.15) is 11.9 Å². The third-order valence-corrected chi connectivity index (χ3v) is 6.99. The van der Waals surface area contributed by atoms with Crippen LogP contribution in [0, 0.1) is 17.7 Å². The molecule has 1 N–H and O–H groups in total. The van der Waals surface area contributed by atoms with E-state index in [-0.39, 0.29) is 10.9 Å². The van der Waals surface area contributed by atoms with E-state index < -0.39 is 17.8 Å². The van der Waals surface area contributed by atoms with Gasteiger partial charge in [0.15, 0.2) is 10.8 Å². The molecule has 1 aliphatic heterocycles. The molecule has 1 aromatic heterocycles. The molecule has 2 aromatic rings. The van der Waals surface area contributed by atoms with Gasteiger partial charge in [0.25, 0.3) is 0 Å². The van der Waals surface area contributed by atoms with Crippen molar-refractivity contribution >= 4 is 34.7 Å². The van der Waals surface area contributed by atoms with Gasteiger partial charge < -0.3 is 10.1 Å². The number of aliphatic imine (C=N–C) groups is 1. The minimum absolute atomic E-state index is 0.0374. The van der Waals surface area contributed by atoms with Crippen LogP contribution in [-0.2, 0) is 9.53 Å². The molecule has 1 aliphatic carbocycles. The maximum Gasteiger partial charge on any atom is 0.338 e. The monoisotopic (exact) mass is 447 g/mol. The number of hydrogen-bond acceptors (Lipinski definition) is 6. The Balaban J connectivity index is 1.87. The van der Waals surface area contributed by atoms with Gasteiger partial charge >= 0.3 is 5.97 Å². The minimum Gasteiger partial charge on any atom is -0.466 e. The summed E-state index contributed by atoms with van der Waals surface area (Å²) >= 11 is 7.76. The van der Waals surface area contributed by atoms with E-state index in [1.807, 2.05) is 5.38 Å². The number of ether oxygens (including phenoxy) is 1. The van der Waals surface area contributed by atoms with Crippen LogP contribution >= 0.6 is 22.9 Å². The lowest BCUT2D eigenvalue weighted by Gasteiger charge is -2.34. The Morgan fingerprint density at radius 2 is 2.07 bits per heavy atom. The van der Waals surface area contributed by atoms with Crippen molar-refractivity contribution < 1.29 is 13.9 Å². The topological polar surface area (TPSA) is 63.6 Å².